The van der Waals surface area contributed by atoms with Gasteiger partial charge in [0.15, 0.2) is 0 Å². The summed E-state index contributed by atoms with van der Waals surface area (Å²) in [5.41, 5.74) is 9.64. The van der Waals surface area contributed by atoms with Crippen molar-refractivity contribution in [2.75, 3.05) is 19.3 Å². The Morgan fingerprint density at radius 2 is 2.23 bits per heavy atom. The van der Waals surface area contributed by atoms with Gasteiger partial charge in [0.1, 0.15) is 0 Å². The van der Waals surface area contributed by atoms with Crippen LogP contribution in [0.15, 0.2) is 18.2 Å². The fraction of sp³-hybridized carbons (Fsp3) is 0.455. The summed E-state index contributed by atoms with van der Waals surface area (Å²) in [5.74, 6) is 0. The van der Waals surface area contributed by atoms with Gasteiger partial charge >= 0.3 is 0 Å². The first kappa shape index (κ1) is 8.57. The molecule has 0 saturated heterocycles. The average molecular weight is 176 g/mol. The molecule has 1 atom stereocenters. The van der Waals surface area contributed by atoms with Crippen molar-refractivity contribution in [3.8, 4) is 0 Å². The van der Waals surface area contributed by atoms with E-state index < -0.39 is 0 Å². The van der Waals surface area contributed by atoms with Gasteiger partial charge < -0.3 is 5.73 Å². The highest BCUT2D eigenvalue weighted by molar-refractivity contribution is 5.52. The van der Waals surface area contributed by atoms with Crippen molar-refractivity contribution in [3.63, 3.8) is 0 Å². The van der Waals surface area contributed by atoms with Crippen LogP contribution in [0.1, 0.15) is 24.1 Å². The zero-order valence-electron chi connectivity index (χ0n) is 8.25. The minimum absolute atomic E-state index is 0.507. The fourth-order valence-electron chi connectivity index (χ4n) is 2.02. The van der Waals surface area contributed by atoms with E-state index in [1.807, 2.05) is 12.1 Å². The molecule has 2 heteroatoms. The Bertz CT molecular complexity index is 320. The van der Waals surface area contributed by atoms with Gasteiger partial charge in [0.2, 0.25) is 0 Å². The lowest BCUT2D eigenvalue weighted by molar-refractivity contribution is 0.248. The molecule has 1 aromatic rings. The molecule has 0 saturated carbocycles. The molecule has 1 aliphatic rings. The van der Waals surface area contributed by atoms with Crippen LogP contribution < -0.4 is 5.73 Å². The lowest BCUT2D eigenvalue weighted by Gasteiger charge is -2.32. The van der Waals surface area contributed by atoms with E-state index in [-0.39, 0.29) is 0 Å². The minimum atomic E-state index is 0.507. The van der Waals surface area contributed by atoms with Crippen molar-refractivity contribution in [1.29, 1.82) is 0 Å². The van der Waals surface area contributed by atoms with Crippen LogP contribution in [0.3, 0.4) is 0 Å². The summed E-state index contributed by atoms with van der Waals surface area (Å²) < 4.78 is 0. The molecule has 0 amide bonds. The third kappa shape index (κ3) is 1.31. The zero-order valence-corrected chi connectivity index (χ0v) is 8.25. The highest BCUT2D eigenvalue weighted by Gasteiger charge is 2.21. The van der Waals surface area contributed by atoms with Crippen molar-refractivity contribution in [2.45, 2.75) is 19.4 Å². The first-order valence-corrected chi connectivity index (χ1v) is 4.77. The third-order valence-corrected chi connectivity index (χ3v) is 3.07. The number of nitrogens with zero attached hydrogens (tertiary/aromatic N) is 1. The first-order chi connectivity index (χ1) is 6.20. The van der Waals surface area contributed by atoms with Gasteiger partial charge in [0.25, 0.3) is 0 Å². The average Bonchev–Trinajstić information content (AvgIpc) is 2.12. The topological polar surface area (TPSA) is 29.3 Å². The monoisotopic (exact) mass is 176 g/mol. The van der Waals surface area contributed by atoms with Crippen LogP contribution in [0.4, 0.5) is 5.69 Å². The van der Waals surface area contributed by atoms with Gasteiger partial charge in [-0.3, -0.25) is 4.90 Å². The summed E-state index contributed by atoms with van der Waals surface area (Å²) >= 11 is 0. The summed E-state index contributed by atoms with van der Waals surface area (Å²) in [7, 11) is 2.16. The Morgan fingerprint density at radius 1 is 1.46 bits per heavy atom. The standard InChI is InChI=1S/C11H16N2/c1-8-9-4-3-5-11(12)10(9)6-7-13(8)2/h3-5,8H,6-7,12H2,1-2H3. The predicted octanol–water partition coefficient (Wildman–Crippen LogP) is 1.82. The number of anilines is 1. The molecule has 70 valence electrons. The summed E-state index contributed by atoms with van der Waals surface area (Å²) in [6.07, 6.45) is 1.09. The minimum Gasteiger partial charge on any atom is -0.398 e. The molecule has 1 heterocycles. The maximum Gasteiger partial charge on any atom is 0.0350 e. The van der Waals surface area contributed by atoms with Crippen LogP contribution >= 0.6 is 0 Å². The first-order valence-electron chi connectivity index (χ1n) is 4.77. The van der Waals surface area contributed by atoms with Crippen molar-refractivity contribution in [1.82, 2.24) is 4.90 Å². The van der Waals surface area contributed by atoms with Gasteiger partial charge in [-0.05, 0) is 37.6 Å². The lowest BCUT2D eigenvalue weighted by atomic mass is 9.93. The SMILES string of the molecule is CC1c2cccc(N)c2CCN1C. The maximum absolute atomic E-state index is 5.93. The molecule has 1 unspecified atom stereocenters. The van der Waals surface area contributed by atoms with Crippen LogP contribution in [-0.4, -0.2) is 18.5 Å². The molecule has 0 bridgehead atoms. The molecule has 0 spiro atoms. The quantitative estimate of drug-likeness (QED) is 0.611. The van der Waals surface area contributed by atoms with Gasteiger partial charge in [-0.2, -0.15) is 0 Å². The molecule has 2 nitrogen and oxygen atoms in total. The van der Waals surface area contributed by atoms with Crippen LogP contribution in [0, 0.1) is 0 Å². The normalized spacial score (nSPS) is 22.8. The van der Waals surface area contributed by atoms with Crippen LogP contribution in [0.2, 0.25) is 0 Å². The van der Waals surface area contributed by atoms with E-state index in [0.717, 1.165) is 18.7 Å². The Hall–Kier alpha value is -1.02. The van der Waals surface area contributed by atoms with E-state index in [9.17, 15) is 0 Å². The van der Waals surface area contributed by atoms with Gasteiger partial charge in [0.05, 0.1) is 0 Å². The number of likely N-dealkylation sites (N-methyl/N-ethyl adjacent to an activating group) is 1. The van der Waals surface area contributed by atoms with Gasteiger partial charge in [-0.25, -0.2) is 0 Å². The number of hydrogen-bond acceptors (Lipinski definition) is 2. The predicted molar refractivity (Wildman–Crippen MR) is 55.6 cm³/mol. The second-order valence-corrected chi connectivity index (χ2v) is 3.82. The lowest BCUT2D eigenvalue weighted by Crippen LogP contribution is -2.30. The van der Waals surface area contributed by atoms with Crippen LogP contribution in [0.5, 0.6) is 0 Å². The molecule has 2 rings (SSSR count). The van der Waals surface area contributed by atoms with Crippen LogP contribution in [-0.2, 0) is 6.42 Å². The molecule has 13 heavy (non-hydrogen) atoms. The molecule has 0 aromatic heterocycles. The molecule has 1 aromatic carbocycles. The highest BCUT2D eigenvalue weighted by atomic mass is 15.1. The summed E-state index contributed by atoms with van der Waals surface area (Å²) in [6, 6.07) is 6.74. The van der Waals surface area contributed by atoms with Gasteiger partial charge in [0, 0.05) is 18.3 Å². The van der Waals surface area contributed by atoms with Crippen LogP contribution in [0.25, 0.3) is 0 Å². The highest BCUT2D eigenvalue weighted by Crippen LogP contribution is 2.30. The second-order valence-electron chi connectivity index (χ2n) is 3.82. The molecular formula is C11H16N2. The molecule has 0 aliphatic carbocycles. The van der Waals surface area contributed by atoms with E-state index in [1.165, 1.54) is 11.1 Å². The second kappa shape index (κ2) is 3.04. The van der Waals surface area contributed by atoms with E-state index in [1.54, 1.807) is 0 Å². The Morgan fingerprint density at radius 3 is 3.00 bits per heavy atom. The van der Waals surface area contributed by atoms with Gasteiger partial charge in [-0.15, -0.1) is 0 Å². The number of nitrogens with two attached hydrogens (primary N) is 1. The molecule has 0 radical (unpaired) electrons. The molecule has 1 aliphatic heterocycles. The molecule has 2 N–H and O–H groups in total. The maximum atomic E-state index is 5.93. The Labute approximate surface area is 79.4 Å². The molecular weight excluding hydrogens is 160 g/mol. The zero-order chi connectivity index (χ0) is 9.42. The fourth-order valence-corrected chi connectivity index (χ4v) is 2.02. The van der Waals surface area contributed by atoms with Crippen molar-refractivity contribution < 1.29 is 0 Å². The van der Waals surface area contributed by atoms with E-state index in [2.05, 4.69) is 24.9 Å². The number of rotatable bonds is 0. The Kier molecular flexibility index (Phi) is 2.00. The smallest absolute Gasteiger partial charge is 0.0350 e. The van der Waals surface area contributed by atoms with Crippen molar-refractivity contribution in [2.24, 2.45) is 0 Å². The largest absolute Gasteiger partial charge is 0.398 e. The van der Waals surface area contributed by atoms with E-state index >= 15 is 0 Å². The number of nitrogen functional groups attached to an aromatic ring is 1. The summed E-state index contributed by atoms with van der Waals surface area (Å²) in [5, 5.41) is 0. The molecule has 0 fully saturated rings. The summed E-state index contributed by atoms with van der Waals surface area (Å²) in [4.78, 5) is 2.36. The third-order valence-electron chi connectivity index (χ3n) is 3.07. The van der Waals surface area contributed by atoms with Crippen molar-refractivity contribution >= 4 is 5.69 Å². The number of fused-ring (bicyclic) bond motifs is 1. The van der Waals surface area contributed by atoms with Crippen molar-refractivity contribution in [3.05, 3.63) is 29.3 Å². The van der Waals surface area contributed by atoms with Gasteiger partial charge in [-0.1, -0.05) is 12.1 Å². The summed E-state index contributed by atoms with van der Waals surface area (Å²) in [6.45, 7) is 3.35. The number of hydrogen-bond donors (Lipinski definition) is 1. The Balaban J connectivity index is 2.49. The number of benzene rings is 1. The van der Waals surface area contributed by atoms with E-state index in [0.29, 0.717) is 6.04 Å². The van der Waals surface area contributed by atoms with E-state index in [4.69, 9.17) is 5.73 Å².